The lowest BCUT2D eigenvalue weighted by Gasteiger charge is -2.36. The molecule has 1 aromatic rings. The van der Waals surface area contributed by atoms with Crippen LogP contribution >= 0.6 is 0 Å². The predicted molar refractivity (Wildman–Crippen MR) is 97.3 cm³/mol. The molecule has 1 rings (SSSR count). The van der Waals surface area contributed by atoms with E-state index in [4.69, 9.17) is 4.74 Å². The molecule has 0 spiro atoms. The van der Waals surface area contributed by atoms with Crippen molar-refractivity contribution < 1.29 is 9.53 Å². The Balaban J connectivity index is 2.87. The lowest BCUT2D eigenvalue weighted by Crippen LogP contribution is -2.23. The minimum atomic E-state index is -0.339. The number of ether oxygens (including phenoxy) is 1. The van der Waals surface area contributed by atoms with Gasteiger partial charge in [0.2, 0.25) is 0 Å². The Labute approximate surface area is 141 Å². The van der Waals surface area contributed by atoms with Gasteiger partial charge in [-0.15, -0.1) is 0 Å². The van der Waals surface area contributed by atoms with Crippen LogP contribution in [0.5, 0.6) is 0 Å². The van der Waals surface area contributed by atoms with Gasteiger partial charge in [-0.3, -0.25) is 0 Å². The Bertz CT molecular complexity index is 539. The van der Waals surface area contributed by atoms with Gasteiger partial charge in [-0.2, -0.15) is 0 Å². The lowest BCUT2D eigenvalue weighted by molar-refractivity contribution is -0.140. The summed E-state index contributed by atoms with van der Waals surface area (Å²) in [4.78, 5) is 11.5. The van der Waals surface area contributed by atoms with Gasteiger partial charge in [0.1, 0.15) is 6.61 Å². The van der Waals surface area contributed by atoms with Crippen molar-refractivity contribution in [2.24, 2.45) is 10.8 Å². The highest BCUT2D eigenvalue weighted by atomic mass is 16.5. The van der Waals surface area contributed by atoms with Crippen LogP contribution in [0.4, 0.5) is 0 Å². The number of benzene rings is 1. The van der Waals surface area contributed by atoms with E-state index in [-0.39, 0.29) is 16.8 Å². The molecule has 1 atom stereocenters. The number of hydrogen-bond donors (Lipinski definition) is 0. The van der Waals surface area contributed by atoms with Crippen LogP contribution in [0.1, 0.15) is 71.9 Å². The average molecular weight is 316 g/mol. The summed E-state index contributed by atoms with van der Waals surface area (Å²) >= 11 is 0. The molecular formula is C21H32O2. The molecule has 1 unspecified atom stereocenters. The minimum absolute atomic E-state index is 0.210. The van der Waals surface area contributed by atoms with Crippen LogP contribution in [0.2, 0.25) is 0 Å². The zero-order chi connectivity index (χ0) is 17.8. The van der Waals surface area contributed by atoms with Gasteiger partial charge in [0.05, 0.1) is 0 Å². The second kappa shape index (κ2) is 7.33. The van der Waals surface area contributed by atoms with Crippen molar-refractivity contribution >= 4 is 5.97 Å². The summed E-state index contributed by atoms with van der Waals surface area (Å²) in [5.74, 6) is 0.156. The molecule has 0 radical (unpaired) electrons. The molecule has 0 saturated carbocycles. The van der Waals surface area contributed by atoms with Crippen LogP contribution in [-0.2, 0) is 16.1 Å². The molecule has 0 N–H and O–H groups in total. The molecule has 2 nitrogen and oxygen atoms in total. The number of rotatable bonds is 5. The highest BCUT2D eigenvalue weighted by Gasteiger charge is 2.30. The normalized spacial score (nSPS) is 13.5. The minimum Gasteiger partial charge on any atom is -0.457 e. The van der Waals surface area contributed by atoms with E-state index in [0.29, 0.717) is 18.1 Å². The first-order valence-corrected chi connectivity index (χ1v) is 8.31. The summed E-state index contributed by atoms with van der Waals surface area (Å²) in [7, 11) is 0. The van der Waals surface area contributed by atoms with Crippen molar-refractivity contribution in [1.82, 2.24) is 0 Å². The van der Waals surface area contributed by atoms with Gasteiger partial charge in [-0.25, -0.2) is 4.79 Å². The zero-order valence-corrected chi connectivity index (χ0v) is 15.8. The van der Waals surface area contributed by atoms with Crippen molar-refractivity contribution in [3.63, 3.8) is 0 Å². The molecule has 2 heteroatoms. The maximum atomic E-state index is 11.5. The molecule has 0 heterocycles. The van der Waals surface area contributed by atoms with Gasteiger partial charge < -0.3 is 4.74 Å². The number of esters is 1. The Morgan fingerprint density at radius 3 is 2.00 bits per heavy atom. The van der Waals surface area contributed by atoms with E-state index < -0.39 is 0 Å². The molecular weight excluding hydrogens is 284 g/mol. The van der Waals surface area contributed by atoms with Crippen LogP contribution < -0.4 is 0 Å². The molecule has 0 aliphatic heterocycles. The standard InChI is InChI=1S/C21H32O2/c1-15(2)19(22)23-14-16-9-11-17(12-10-16)18(21(6,7)8)13-20(3,4)5/h9-12,18H,1,13-14H2,2-8H3. The Kier molecular flexibility index (Phi) is 6.21. The van der Waals surface area contributed by atoms with Crippen LogP contribution in [0.15, 0.2) is 36.4 Å². The van der Waals surface area contributed by atoms with E-state index in [0.717, 1.165) is 12.0 Å². The smallest absolute Gasteiger partial charge is 0.333 e. The molecule has 1 aromatic carbocycles. The van der Waals surface area contributed by atoms with Crippen molar-refractivity contribution in [2.75, 3.05) is 0 Å². The van der Waals surface area contributed by atoms with Crippen molar-refractivity contribution in [1.29, 1.82) is 0 Å². The SMILES string of the molecule is C=C(C)C(=O)OCc1ccc(C(CC(C)(C)C)C(C)(C)C)cc1. The third-order valence-electron chi connectivity index (χ3n) is 3.96. The third-order valence-corrected chi connectivity index (χ3v) is 3.96. The summed E-state index contributed by atoms with van der Waals surface area (Å²) in [6.07, 6.45) is 1.14. The molecule has 128 valence electrons. The lowest BCUT2D eigenvalue weighted by atomic mass is 9.69. The van der Waals surface area contributed by atoms with Crippen molar-refractivity contribution in [3.8, 4) is 0 Å². The van der Waals surface area contributed by atoms with E-state index in [1.807, 2.05) is 0 Å². The predicted octanol–water partition coefficient (Wildman–Crippen LogP) is 5.87. The van der Waals surface area contributed by atoms with E-state index in [1.54, 1.807) is 6.92 Å². The van der Waals surface area contributed by atoms with Gasteiger partial charge >= 0.3 is 5.97 Å². The topological polar surface area (TPSA) is 26.3 Å². The fourth-order valence-electron chi connectivity index (χ4n) is 2.65. The first kappa shape index (κ1) is 19.5. The summed E-state index contributed by atoms with van der Waals surface area (Å²) in [6.45, 7) is 19.3. The summed E-state index contributed by atoms with van der Waals surface area (Å²) in [5.41, 5.74) is 3.28. The number of hydrogen-bond acceptors (Lipinski definition) is 2. The third kappa shape index (κ3) is 6.60. The summed E-state index contributed by atoms with van der Waals surface area (Å²) in [6, 6.07) is 8.46. The van der Waals surface area contributed by atoms with Crippen LogP contribution in [0.25, 0.3) is 0 Å². The van der Waals surface area contributed by atoms with E-state index in [2.05, 4.69) is 72.4 Å². The quantitative estimate of drug-likeness (QED) is 0.501. The van der Waals surface area contributed by atoms with Gasteiger partial charge in [0.25, 0.3) is 0 Å². The summed E-state index contributed by atoms with van der Waals surface area (Å²) < 4.78 is 5.20. The second-order valence-electron chi connectivity index (χ2n) is 8.78. The van der Waals surface area contributed by atoms with Gasteiger partial charge in [0, 0.05) is 5.57 Å². The van der Waals surface area contributed by atoms with Gasteiger partial charge in [0.15, 0.2) is 0 Å². The summed E-state index contributed by atoms with van der Waals surface area (Å²) in [5, 5.41) is 0. The average Bonchev–Trinajstić information content (AvgIpc) is 2.40. The first-order valence-electron chi connectivity index (χ1n) is 8.31. The van der Waals surface area contributed by atoms with Crippen LogP contribution in [-0.4, -0.2) is 5.97 Å². The van der Waals surface area contributed by atoms with Crippen molar-refractivity contribution in [3.05, 3.63) is 47.5 Å². The van der Waals surface area contributed by atoms with Crippen LogP contribution in [0, 0.1) is 10.8 Å². The fourth-order valence-corrected chi connectivity index (χ4v) is 2.65. The van der Waals surface area contributed by atoms with E-state index in [1.165, 1.54) is 5.56 Å². The van der Waals surface area contributed by atoms with E-state index >= 15 is 0 Å². The molecule has 0 bridgehead atoms. The molecule has 0 saturated heterocycles. The molecule has 0 aromatic heterocycles. The highest BCUT2D eigenvalue weighted by molar-refractivity contribution is 5.86. The highest BCUT2D eigenvalue weighted by Crippen LogP contribution is 2.43. The molecule has 0 amide bonds. The molecule has 0 fully saturated rings. The Hall–Kier alpha value is -1.57. The zero-order valence-electron chi connectivity index (χ0n) is 15.8. The van der Waals surface area contributed by atoms with Gasteiger partial charge in [-0.1, -0.05) is 72.4 Å². The van der Waals surface area contributed by atoms with Crippen LogP contribution in [0.3, 0.4) is 0 Å². The van der Waals surface area contributed by atoms with E-state index in [9.17, 15) is 4.79 Å². The van der Waals surface area contributed by atoms with Crippen molar-refractivity contribution in [2.45, 2.75) is 67.4 Å². The number of carbonyl (C=O) groups excluding carboxylic acids is 1. The monoisotopic (exact) mass is 316 g/mol. The molecule has 0 aliphatic carbocycles. The largest absolute Gasteiger partial charge is 0.457 e. The first-order chi connectivity index (χ1) is 10.4. The Morgan fingerprint density at radius 1 is 1.09 bits per heavy atom. The maximum absolute atomic E-state index is 11.5. The molecule has 0 aliphatic rings. The maximum Gasteiger partial charge on any atom is 0.333 e. The Morgan fingerprint density at radius 2 is 1.61 bits per heavy atom. The van der Waals surface area contributed by atoms with Gasteiger partial charge in [-0.05, 0) is 41.2 Å². The molecule has 23 heavy (non-hydrogen) atoms. The number of carbonyl (C=O) groups is 1. The fraction of sp³-hybridized carbons (Fsp3) is 0.571. The second-order valence-corrected chi connectivity index (χ2v) is 8.78.